The fourth-order valence-corrected chi connectivity index (χ4v) is 4.19. The smallest absolute Gasteiger partial charge is 0.229 e. The molecule has 25 heavy (non-hydrogen) atoms. The lowest BCUT2D eigenvalue weighted by Gasteiger charge is -2.22. The maximum Gasteiger partial charge on any atom is 0.229 e. The van der Waals surface area contributed by atoms with Crippen LogP contribution in [0.15, 0.2) is 24.7 Å². The Balaban J connectivity index is 1.32. The van der Waals surface area contributed by atoms with Crippen LogP contribution in [0.1, 0.15) is 22.8 Å². The number of aromatic nitrogens is 2. The highest BCUT2D eigenvalue weighted by Crippen LogP contribution is 2.49. The molecular weight excluding hydrogens is 362 g/mol. The summed E-state index contributed by atoms with van der Waals surface area (Å²) >= 11 is 7.64. The van der Waals surface area contributed by atoms with Crippen molar-refractivity contribution in [3.05, 3.63) is 40.1 Å². The van der Waals surface area contributed by atoms with Gasteiger partial charge < -0.3 is 14.8 Å². The number of ether oxygens (including phenoxy) is 2. The van der Waals surface area contributed by atoms with Gasteiger partial charge in [0.15, 0.2) is 5.13 Å². The van der Waals surface area contributed by atoms with Gasteiger partial charge in [-0.1, -0.05) is 11.6 Å². The number of pyridine rings is 1. The third kappa shape index (κ3) is 4.00. The molecule has 2 fully saturated rings. The highest BCUT2D eigenvalue weighted by Gasteiger charge is 2.45. The van der Waals surface area contributed by atoms with Crippen LogP contribution in [0.3, 0.4) is 0 Å². The van der Waals surface area contributed by atoms with Gasteiger partial charge in [-0.3, -0.25) is 9.78 Å². The zero-order valence-corrected chi connectivity index (χ0v) is 15.1. The van der Waals surface area contributed by atoms with E-state index in [1.807, 2.05) is 6.07 Å². The number of amides is 1. The molecule has 2 aromatic rings. The number of rotatable bonds is 5. The standard InChI is InChI=1S/C17H18ClN3O3S/c18-15-8-19-2-1-12(15)13-6-14(13)16(22)21-17-20-7-11(25-17)5-10-9-23-3-4-24-10/h1-2,7-8,10,13-14H,3-6,9H2,(H,20,21,22)/t10?,13-,14+/m0/s1. The lowest BCUT2D eigenvalue weighted by atomic mass is 10.1. The van der Waals surface area contributed by atoms with Gasteiger partial charge in [0.1, 0.15) is 0 Å². The van der Waals surface area contributed by atoms with E-state index in [0.717, 1.165) is 23.3 Å². The van der Waals surface area contributed by atoms with E-state index in [2.05, 4.69) is 15.3 Å². The first-order valence-corrected chi connectivity index (χ1v) is 9.44. The molecule has 3 atom stereocenters. The summed E-state index contributed by atoms with van der Waals surface area (Å²) in [6.45, 7) is 1.90. The van der Waals surface area contributed by atoms with E-state index < -0.39 is 0 Å². The Labute approximate surface area is 154 Å². The van der Waals surface area contributed by atoms with E-state index in [-0.39, 0.29) is 23.8 Å². The number of carbonyl (C=O) groups is 1. The Morgan fingerprint density at radius 1 is 1.40 bits per heavy atom. The Morgan fingerprint density at radius 2 is 2.32 bits per heavy atom. The summed E-state index contributed by atoms with van der Waals surface area (Å²) in [6.07, 6.45) is 6.75. The molecule has 0 spiro atoms. The minimum atomic E-state index is -0.0534. The molecule has 1 N–H and O–H groups in total. The number of nitrogens with one attached hydrogen (secondary N) is 1. The van der Waals surface area contributed by atoms with Crippen molar-refractivity contribution in [2.45, 2.75) is 24.9 Å². The monoisotopic (exact) mass is 379 g/mol. The average Bonchev–Trinajstić information content (AvgIpc) is 3.31. The van der Waals surface area contributed by atoms with Crippen LogP contribution in [0.4, 0.5) is 5.13 Å². The summed E-state index contributed by atoms with van der Waals surface area (Å²) in [7, 11) is 0. The number of carbonyl (C=O) groups excluding carboxylic acids is 1. The first kappa shape index (κ1) is 16.9. The van der Waals surface area contributed by atoms with Crippen molar-refractivity contribution in [1.29, 1.82) is 0 Å². The first-order chi connectivity index (χ1) is 12.2. The molecule has 1 unspecified atom stereocenters. The van der Waals surface area contributed by atoms with Crippen LogP contribution in [0.5, 0.6) is 0 Å². The highest BCUT2D eigenvalue weighted by molar-refractivity contribution is 7.15. The minimum Gasteiger partial charge on any atom is -0.376 e. The van der Waals surface area contributed by atoms with Crippen LogP contribution < -0.4 is 5.32 Å². The number of hydrogen-bond acceptors (Lipinski definition) is 6. The van der Waals surface area contributed by atoms with Gasteiger partial charge >= 0.3 is 0 Å². The molecule has 1 aliphatic carbocycles. The highest BCUT2D eigenvalue weighted by atomic mass is 35.5. The normalized spacial score (nSPS) is 25.6. The largest absolute Gasteiger partial charge is 0.376 e. The van der Waals surface area contributed by atoms with Gasteiger partial charge in [-0.15, -0.1) is 11.3 Å². The maximum atomic E-state index is 12.4. The van der Waals surface area contributed by atoms with Gasteiger partial charge in [0.25, 0.3) is 0 Å². The van der Waals surface area contributed by atoms with Crippen LogP contribution >= 0.6 is 22.9 Å². The van der Waals surface area contributed by atoms with Crippen molar-refractivity contribution in [2.75, 3.05) is 25.1 Å². The summed E-state index contributed by atoms with van der Waals surface area (Å²) < 4.78 is 11.0. The Kier molecular flexibility index (Phi) is 4.98. The number of anilines is 1. The van der Waals surface area contributed by atoms with Crippen molar-refractivity contribution in [2.24, 2.45) is 5.92 Å². The van der Waals surface area contributed by atoms with Gasteiger partial charge in [0.2, 0.25) is 5.91 Å². The van der Waals surface area contributed by atoms with Crippen LogP contribution in [0.2, 0.25) is 5.02 Å². The van der Waals surface area contributed by atoms with Gasteiger partial charge in [0.05, 0.1) is 30.9 Å². The topological polar surface area (TPSA) is 73.3 Å². The van der Waals surface area contributed by atoms with Crippen molar-refractivity contribution in [3.63, 3.8) is 0 Å². The van der Waals surface area contributed by atoms with Gasteiger partial charge in [-0.25, -0.2) is 4.98 Å². The SMILES string of the molecule is O=C(Nc1ncc(CC2COCCO2)s1)[C@@H]1C[C@H]1c1ccncc1Cl. The summed E-state index contributed by atoms with van der Waals surface area (Å²) in [5, 5.41) is 4.17. The minimum absolute atomic E-state index is 0.00368. The van der Waals surface area contributed by atoms with Crippen molar-refractivity contribution in [1.82, 2.24) is 9.97 Å². The summed E-state index contributed by atoms with van der Waals surface area (Å²) in [6, 6.07) is 1.88. The summed E-state index contributed by atoms with van der Waals surface area (Å²) in [4.78, 5) is 21.8. The van der Waals surface area contributed by atoms with Crippen LogP contribution in [-0.4, -0.2) is 41.8 Å². The van der Waals surface area contributed by atoms with Crippen molar-refractivity contribution < 1.29 is 14.3 Å². The first-order valence-electron chi connectivity index (χ1n) is 8.25. The van der Waals surface area contributed by atoms with E-state index in [4.69, 9.17) is 21.1 Å². The molecule has 2 aliphatic rings. The van der Waals surface area contributed by atoms with E-state index >= 15 is 0 Å². The second kappa shape index (κ2) is 7.37. The van der Waals surface area contributed by atoms with E-state index in [9.17, 15) is 4.79 Å². The second-order valence-corrected chi connectivity index (χ2v) is 7.76. The van der Waals surface area contributed by atoms with Crippen molar-refractivity contribution in [3.8, 4) is 0 Å². The average molecular weight is 380 g/mol. The predicted octanol–water partition coefficient (Wildman–Crippen LogP) is 2.89. The Morgan fingerprint density at radius 3 is 3.12 bits per heavy atom. The molecule has 4 rings (SSSR count). The van der Waals surface area contributed by atoms with Crippen LogP contribution in [0, 0.1) is 5.92 Å². The molecule has 6 nitrogen and oxygen atoms in total. The van der Waals surface area contributed by atoms with Crippen LogP contribution in [-0.2, 0) is 20.7 Å². The summed E-state index contributed by atoms with van der Waals surface area (Å²) in [5.74, 6) is 0.112. The number of thiazole rings is 1. The van der Waals surface area contributed by atoms with Crippen molar-refractivity contribution >= 4 is 34.0 Å². The molecule has 0 bridgehead atoms. The molecule has 0 radical (unpaired) electrons. The molecule has 2 aromatic heterocycles. The zero-order valence-electron chi connectivity index (χ0n) is 13.5. The molecule has 1 saturated heterocycles. The van der Waals surface area contributed by atoms with E-state index in [0.29, 0.717) is 30.0 Å². The predicted molar refractivity (Wildman–Crippen MR) is 95.1 cm³/mol. The van der Waals surface area contributed by atoms with Gasteiger partial charge in [0, 0.05) is 35.8 Å². The zero-order chi connectivity index (χ0) is 17.2. The van der Waals surface area contributed by atoms with Gasteiger partial charge in [-0.05, 0) is 24.0 Å². The fourth-order valence-electron chi connectivity index (χ4n) is 3.05. The summed E-state index contributed by atoms with van der Waals surface area (Å²) in [5.41, 5.74) is 0.992. The lowest BCUT2D eigenvalue weighted by Crippen LogP contribution is -2.29. The quantitative estimate of drug-likeness (QED) is 0.864. The molecule has 8 heteroatoms. The number of halogens is 1. The maximum absolute atomic E-state index is 12.4. The van der Waals surface area contributed by atoms with Gasteiger partial charge in [-0.2, -0.15) is 0 Å². The fraction of sp³-hybridized carbons (Fsp3) is 0.471. The molecule has 1 saturated carbocycles. The molecule has 132 valence electrons. The lowest BCUT2D eigenvalue weighted by molar-refractivity contribution is -0.117. The van der Waals surface area contributed by atoms with Crippen LogP contribution in [0.25, 0.3) is 0 Å². The second-order valence-electron chi connectivity index (χ2n) is 6.24. The Hall–Kier alpha value is -1.54. The molecule has 1 amide bonds. The third-order valence-electron chi connectivity index (χ3n) is 4.43. The molecule has 0 aromatic carbocycles. The molecule has 3 heterocycles. The third-order valence-corrected chi connectivity index (χ3v) is 5.68. The number of hydrogen-bond donors (Lipinski definition) is 1. The Bertz CT molecular complexity index is 763. The van der Waals surface area contributed by atoms with E-state index in [1.54, 1.807) is 18.6 Å². The molecule has 1 aliphatic heterocycles. The molecular formula is C17H18ClN3O3S. The number of nitrogens with zero attached hydrogens (tertiary/aromatic N) is 2. The van der Waals surface area contributed by atoms with E-state index in [1.165, 1.54) is 11.3 Å².